The smallest absolute Gasteiger partial charge is 0.414 e. The van der Waals surface area contributed by atoms with Gasteiger partial charge in [0.1, 0.15) is 11.9 Å². The molecule has 0 bridgehead atoms. The molecule has 1 aromatic carbocycles. The van der Waals surface area contributed by atoms with Gasteiger partial charge in [0.25, 0.3) is 0 Å². The standard InChI is InChI=1S/C21H25FN4O4/c1-14(2)25(20(27)28)12-17-13-26(21(29)30-17)16-3-4-19(18(22)11-16)24-9-6-15(5-8-23)7-10-24/h3-5,11,14,17H,6-7,9-10,12-13H2,1-2H3,(H,27,28)/t17-/m0/s1. The van der Waals surface area contributed by atoms with E-state index < -0.39 is 24.1 Å². The van der Waals surface area contributed by atoms with E-state index in [1.54, 1.807) is 32.1 Å². The lowest BCUT2D eigenvalue weighted by Crippen LogP contribution is -2.42. The molecule has 2 aliphatic rings. The predicted octanol–water partition coefficient (Wildman–Crippen LogP) is 3.59. The van der Waals surface area contributed by atoms with Crippen molar-refractivity contribution >= 4 is 23.6 Å². The minimum absolute atomic E-state index is 0.0577. The summed E-state index contributed by atoms with van der Waals surface area (Å²) in [4.78, 5) is 28.1. The second-order valence-corrected chi connectivity index (χ2v) is 7.70. The zero-order chi connectivity index (χ0) is 21.8. The molecule has 0 unspecified atom stereocenters. The fraction of sp³-hybridized carbons (Fsp3) is 0.476. The fourth-order valence-corrected chi connectivity index (χ4v) is 3.75. The van der Waals surface area contributed by atoms with Crippen molar-refractivity contribution in [2.24, 2.45) is 0 Å². The Morgan fingerprint density at radius 2 is 2.13 bits per heavy atom. The summed E-state index contributed by atoms with van der Waals surface area (Å²) in [6.07, 6.45) is 0.660. The fourth-order valence-electron chi connectivity index (χ4n) is 3.75. The lowest BCUT2D eigenvalue weighted by Gasteiger charge is -2.30. The number of rotatable bonds is 5. The van der Waals surface area contributed by atoms with Crippen molar-refractivity contribution in [3.63, 3.8) is 0 Å². The number of nitrogens with zero attached hydrogens (tertiary/aromatic N) is 4. The number of ether oxygens (including phenoxy) is 1. The van der Waals surface area contributed by atoms with Crippen molar-refractivity contribution < 1.29 is 23.8 Å². The van der Waals surface area contributed by atoms with Crippen molar-refractivity contribution in [1.82, 2.24) is 4.90 Å². The lowest BCUT2D eigenvalue weighted by atomic mass is 10.0. The Labute approximate surface area is 174 Å². The largest absolute Gasteiger partial charge is 0.465 e. The number of benzene rings is 1. The molecular formula is C21H25FN4O4. The number of amides is 2. The monoisotopic (exact) mass is 416 g/mol. The number of hydrogen-bond donors (Lipinski definition) is 1. The molecule has 160 valence electrons. The first kappa shape index (κ1) is 21.4. The molecule has 2 fully saturated rings. The maximum absolute atomic E-state index is 14.8. The molecule has 30 heavy (non-hydrogen) atoms. The highest BCUT2D eigenvalue weighted by molar-refractivity contribution is 5.90. The van der Waals surface area contributed by atoms with Gasteiger partial charge in [-0.15, -0.1) is 0 Å². The van der Waals surface area contributed by atoms with Crippen molar-refractivity contribution in [1.29, 1.82) is 5.26 Å². The Hall–Kier alpha value is -3.28. The van der Waals surface area contributed by atoms with E-state index in [1.807, 2.05) is 11.0 Å². The quantitative estimate of drug-likeness (QED) is 0.737. The third-order valence-corrected chi connectivity index (χ3v) is 5.40. The molecule has 8 nitrogen and oxygen atoms in total. The lowest BCUT2D eigenvalue weighted by molar-refractivity contribution is 0.0857. The maximum Gasteiger partial charge on any atom is 0.414 e. The van der Waals surface area contributed by atoms with Crippen molar-refractivity contribution in [3.8, 4) is 6.07 Å². The summed E-state index contributed by atoms with van der Waals surface area (Å²) in [5.74, 6) is -0.439. The molecule has 2 heterocycles. The molecule has 1 atom stereocenters. The summed E-state index contributed by atoms with van der Waals surface area (Å²) < 4.78 is 20.1. The van der Waals surface area contributed by atoms with Crippen LogP contribution in [0.25, 0.3) is 0 Å². The summed E-state index contributed by atoms with van der Waals surface area (Å²) in [5.41, 5.74) is 1.89. The van der Waals surface area contributed by atoms with E-state index in [0.29, 0.717) is 37.3 Å². The van der Waals surface area contributed by atoms with Crippen LogP contribution < -0.4 is 9.80 Å². The van der Waals surface area contributed by atoms with Gasteiger partial charge in [-0.1, -0.05) is 5.57 Å². The molecule has 0 spiro atoms. The number of hydrogen-bond acceptors (Lipinski definition) is 5. The molecule has 9 heteroatoms. The van der Waals surface area contributed by atoms with Crippen LogP contribution in [-0.2, 0) is 4.74 Å². The van der Waals surface area contributed by atoms with E-state index in [2.05, 4.69) is 0 Å². The maximum atomic E-state index is 14.8. The average molecular weight is 416 g/mol. The molecule has 2 aliphatic heterocycles. The topological polar surface area (TPSA) is 97.1 Å². The number of carbonyl (C=O) groups excluding carboxylic acids is 1. The SMILES string of the molecule is CC(C)N(C[C@H]1CN(c2ccc(N3CCC(=CC#N)CC3)c(F)c2)C(=O)O1)C(=O)O. The second kappa shape index (κ2) is 9.03. The highest BCUT2D eigenvalue weighted by Gasteiger charge is 2.35. The molecule has 2 amide bonds. The molecule has 0 aliphatic carbocycles. The van der Waals surface area contributed by atoms with Gasteiger partial charge in [-0.25, -0.2) is 14.0 Å². The van der Waals surface area contributed by atoms with Gasteiger partial charge in [0.05, 0.1) is 30.5 Å². The van der Waals surface area contributed by atoms with Crippen molar-refractivity contribution in [3.05, 3.63) is 35.7 Å². The van der Waals surface area contributed by atoms with Crippen LogP contribution in [0, 0.1) is 17.1 Å². The van der Waals surface area contributed by atoms with Gasteiger partial charge >= 0.3 is 12.2 Å². The van der Waals surface area contributed by atoms with Crippen LogP contribution in [0.4, 0.5) is 25.4 Å². The number of carbonyl (C=O) groups is 2. The van der Waals surface area contributed by atoms with Gasteiger partial charge in [0.2, 0.25) is 0 Å². The minimum Gasteiger partial charge on any atom is -0.465 e. The number of nitriles is 1. The van der Waals surface area contributed by atoms with E-state index >= 15 is 0 Å². The van der Waals surface area contributed by atoms with Crippen LogP contribution in [0.1, 0.15) is 26.7 Å². The number of allylic oxidation sites excluding steroid dienone is 1. The number of piperidine rings is 1. The number of anilines is 2. The van der Waals surface area contributed by atoms with Crippen LogP contribution in [0.5, 0.6) is 0 Å². The zero-order valence-electron chi connectivity index (χ0n) is 17.0. The van der Waals surface area contributed by atoms with Crippen LogP contribution in [0.15, 0.2) is 29.8 Å². The van der Waals surface area contributed by atoms with Gasteiger partial charge in [0.15, 0.2) is 0 Å². The van der Waals surface area contributed by atoms with Gasteiger partial charge < -0.3 is 19.6 Å². The van der Waals surface area contributed by atoms with E-state index in [9.17, 15) is 19.1 Å². The predicted molar refractivity (Wildman–Crippen MR) is 109 cm³/mol. The summed E-state index contributed by atoms with van der Waals surface area (Å²) in [6, 6.07) is 6.39. The van der Waals surface area contributed by atoms with Crippen LogP contribution in [-0.4, -0.2) is 60.5 Å². The summed E-state index contributed by atoms with van der Waals surface area (Å²) in [5, 5.41) is 18.0. The van der Waals surface area contributed by atoms with E-state index in [0.717, 1.165) is 5.57 Å². The molecule has 0 radical (unpaired) electrons. The van der Waals surface area contributed by atoms with Gasteiger partial charge in [-0.3, -0.25) is 4.90 Å². The normalized spacial score (nSPS) is 19.0. The first-order valence-electron chi connectivity index (χ1n) is 9.90. The first-order chi connectivity index (χ1) is 14.3. The summed E-state index contributed by atoms with van der Waals surface area (Å²) in [7, 11) is 0. The third kappa shape index (κ3) is 4.64. The van der Waals surface area contributed by atoms with Gasteiger partial charge in [-0.05, 0) is 44.9 Å². The zero-order valence-corrected chi connectivity index (χ0v) is 17.0. The van der Waals surface area contributed by atoms with Crippen LogP contribution >= 0.6 is 0 Å². The molecular weight excluding hydrogens is 391 g/mol. The molecule has 0 aromatic heterocycles. The molecule has 2 saturated heterocycles. The highest BCUT2D eigenvalue weighted by atomic mass is 19.1. The number of halogens is 1. The summed E-state index contributed by atoms with van der Waals surface area (Å²) >= 11 is 0. The highest BCUT2D eigenvalue weighted by Crippen LogP contribution is 2.30. The van der Waals surface area contributed by atoms with Crippen LogP contribution in [0.3, 0.4) is 0 Å². The Bertz CT molecular complexity index is 885. The van der Waals surface area contributed by atoms with Crippen molar-refractivity contribution in [2.45, 2.75) is 38.8 Å². The van der Waals surface area contributed by atoms with Gasteiger partial charge in [0, 0.05) is 25.2 Å². The van der Waals surface area contributed by atoms with Crippen LogP contribution in [0.2, 0.25) is 0 Å². The number of carboxylic acid groups (broad SMARTS) is 1. The average Bonchev–Trinajstić information content (AvgIpc) is 3.07. The van der Waals surface area contributed by atoms with Crippen molar-refractivity contribution in [2.75, 3.05) is 36.0 Å². The van der Waals surface area contributed by atoms with Gasteiger partial charge in [-0.2, -0.15) is 5.26 Å². The van der Waals surface area contributed by atoms with E-state index in [1.165, 1.54) is 15.9 Å². The molecule has 3 rings (SSSR count). The Kier molecular flexibility index (Phi) is 6.45. The Morgan fingerprint density at radius 1 is 1.43 bits per heavy atom. The third-order valence-electron chi connectivity index (χ3n) is 5.40. The minimum atomic E-state index is -1.08. The van der Waals surface area contributed by atoms with E-state index in [4.69, 9.17) is 10.00 Å². The summed E-state index contributed by atoms with van der Waals surface area (Å²) in [6.45, 7) is 4.95. The molecule has 1 N–H and O–H groups in total. The van der Waals surface area contributed by atoms with E-state index in [-0.39, 0.29) is 19.1 Å². The molecule has 0 saturated carbocycles. The first-order valence-corrected chi connectivity index (χ1v) is 9.90. The molecule has 1 aromatic rings. The second-order valence-electron chi connectivity index (χ2n) is 7.70. The number of cyclic esters (lactones) is 1. The Balaban J connectivity index is 1.68. The Morgan fingerprint density at radius 3 is 2.70 bits per heavy atom.